The highest BCUT2D eigenvalue weighted by molar-refractivity contribution is 5.36. The first-order valence-electron chi connectivity index (χ1n) is 6.84. The predicted octanol–water partition coefficient (Wildman–Crippen LogP) is 2.66. The van der Waals surface area contributed by atoms with Crippen LogP contribution in [-0.4, -0.2) is 25.9 Å². The van der Waals surface area contributed by atoms with Gasteiger partial charge in [-0.25, -0.2) is 0 Å². The number of benzene rings is 1. The van der Waals surface area contributed by atoms with Crippen molar-refractivity contribution in [2.75, 3.05) is 19.8 Å². The third-order valence-corrected chi connectivity index (χ3v) is 3.23. The molecule has 0 spiro atoms. The Balaban J connectivity index is 1.96. The van der Waals surface area contributed by atoms with Crippen molar-refractivity contribution in [1.82, 2.24) is 5.32 Å². The van der Waals surface area contributed by atoms with Crippen LogP contribution in [0.1, 0.15) is 30.9 Å². The number of nitrogens with one attached hydrogen (secondary N) is 1. The maximum atomic E-state index is 5.91. The van der Waals surface area contributed by atoms with Crippen LogP contribution in [0.15, 0.2) is 18.2 Å². The lowest BCUT2D eigenvalue weighted by Gasteiger charge is -2.15. The molecule has 1 aromatic carbocycles. The van der Waals surface area contributed by atoms with E-state index in [1.807, 2.05) is 0 Å². The SMILES string of the molecule is CCNCc1cc(C)ccc1OCC1CCCO1. The van der Waals surface area contributed by atoms with Crippen molar-refractivity contribution in [1.29, 1.82) is 0 Å². The smallest absolute Gasteiger partial charge is 0.123 e. The van der Waals surface area contributed by atoms with E-state index in [-0.39, 0.29) is 6.10 Å². The summed E-state index contributed by atoms with van der Waals surface area (Å²) in [5, 5.41) is 3.35. The first kappa shape index (κ1) is 13.4. The van der Waals surface area contributed by atoms with Crippen molar-refractivity contribution in [2.24, 2.45) is 0 Å². The van der Waals surface area contributed by atoms with Gasteiger partial charge in [-0.05, 0) is 32.4 Å². The zero-order valence-electron chi connectivity index (χ0n) is 11.4. The fourth-order valence-electron chi connectivity index (χ4n) is 2.21. The molecule has 1 aliphatic rings. The lowest BCUT2D eigenvalue weighted by molar-refractivity contribution is 0.0676. The van der Waals surface area contributed by atoms with Gasteiger partial charge in [-0.15, -0.1) is 0 Å². The standard InChI is InChI=1S/C15H23NO2/c1-3-16-10-13-9-12(2)6-7-15(13)18-11-14-5-4-8-17-14/h6-7,9,14,16H,3-5,8,10-11H2,1-2H3. The first-order valence-corrected chi connectivity index (χ1v) is 6.84. The molecule has 1 saturated heterocycles. The highest BCUT2D eigenvalue weighted by Gasteiger charge is 2.16. The number of hydrogen-bond acceptors (Lipinski definition) is 3. The third kappa shape index (κ3) is 3.72. The molecule has 1 atom stereocenters. The summed E-state index contributed by atoms with van der Waals surface area (Å²) in [6.07, 6.45) is 2.55. The Morgan fingerprint density at radius 1 is 1.44 bits per heavy atom. The Bertz CT molecular complexity index is 373. The van der Waals surface area contributed by atoms with Crippen molar-refractivity contribution in [3.63, 3.8) is 0 Å². The average Bonchev–Trinajstić information content (AvgIpc) is 2.88. The molecule has 0 amide bonds. The highest BCUT2D eigenvalue weighted by atomic mass is 16.5. The van der Waals surface area contributed by atoms with Crippen molar-refractivity contribution < 1.29 is 9.47 Å². The maximum Gasteiger partial charge on any atom is 0.123 e. The number of ether oxygens (including phenoxy) is 2. The summed E-state index contributed by atoms with van der Waals surface area (Å²) < 4.78 is 11.5. The van der Waals surface area contributed by atoms with Crippen LogP contribution in [0.2, 0.25) is 0 Å². The highest BCUT2D eigenvalue weighted by Crippen LogP contribution is 2.21. The molecule has 3 heteroatoms. The van der Waals surface area contributed by atoms with Crippen LogP contribution < -0.4 is 10.1 Å². The van der Waals surface area contributed by atoms with Gasteiger partial charge in [0.05, 0.1) is 6.10 Å². The molecule has 100 valence electrons. The van der Waals surface area contributed by atoms with E-state index in [2.05, 4.69) is 37.4 Å². The zero-order chi connectivity index (χ0) is 12.8. The minimum absolute atomic E-state index is 0.276. The monoisotopic (exact) mass is 249 g/mol. The lowest BCUT2D eigenvalue weighted by Crippen LogP contribution is -2.18. The van der Waals surface area contributed by atoms with Gasteiger partial charge in [-0.1, -0.05) is 24.6 Å². The van der Waals surface area contributed by atoms with Crippen molar-refractivity contribution >= 4 is 0 Å². The molecule has 1 aromatic rings. The minimum Gasteiger partial charge on any atom is -0.491 e. The van der Waals surface area contributed by atoms with E-state index in [4.69, 9.17) is 9.47 Å². The molecule has 1 aliphatic heterocycles. The summed E-state index contributed by atoms with van der Waals surface area (Å²) in [6, 6.07) is 6.35. The molecule has 2 rings (SSSR count). The van der Waals surface area contributed by atoms with Crippen LogP contribution in [0.4, 0.5) is 0 Å². The van der Waals surface area contributed by atoms with Crippen LogP contribution in [0.25, 0.3) is 0 Å². The van der Waals surface area contributed by atoms with Crippen LogP contribution in [0.3, 0.4) is 0 Å². The summed E-state index contributed by atoms with van der Waals surface area (Å²) in [5.41, 5.74) is 2.50. The zero-order valence-corrected chi connectivity index (χ0v) is 11.4. The number of hydrogen-bond donors (Lipinski definition) is 1. The van der Waals surface area contributed by atoms with Gasteiger partial charge < -0.3 is 14.8 Å². The molecule has 0 saturated carbocycles. The van der Waals surface area contributed by atoms with E-state index < -0.39 is 0 Å². The maximum absolute atomic E-state index is 5.91. The van der Waals surface area contributed by atoms with Gasteiger partial charge in [0, 0.05) is 18.7 Å². The second-order valence-electron chi connectivity index (χ2n) is 4.84. The van der Waals surface area contributed by atoms with Gasteiger partial charge in [-0.3, -0.25) is 0 Å². The molecule has 0 aliphatic carbocycles. The topological polar surface area (TPSA) is 30.5 Å². The molecule has 1 N–H and O–H groups in total. The normalized spacial score (nSPS) is 19.1. The molecule has 0 bridgehead atoms. The van der Waals surface area contributed by atoms with Crippen molar-refractivity contribution in [2.45, 2.75) is 39.3 Å². The Labute approximate surface area is 109 Å². The van der Waals surface area contributed by atoms with Crippen LogP contribution in [0.5, 0.6) is 5.75 Å². The summed E-state index contributed by atoms with van der Waals surface area (Å²) in [5.74, 6) is 0.983. The Hall–Kier alpha value is -1.06. The van der Waals surface area contributed by atoms with E-state index in [1.54, 1.807) is 0 Å². The van der Waals surface area contributed by atoms with Gasteiger partial charge in [-0.2, -0.15) is 0 Å². The van der Waals surface area contributed by atoms with Crippen LogP contribution >= 0.6 is 0 Å². The van der Waals surface area contributed by atoms with Gasteiger partial charge in [0.25, 0.3) is 0 Å². The molecule has 0 radical (unpaired) electrons. The fraction of sp³-hybridized carbons (Fsp3) is 0.600. The van der Waals surface area contributed by atoms with Crippen LogP contribution in [0, 0.1) is 6.92 Å². The van der Waals surface area contributed by atoms with Crippen LogP contribution in [-0.2, 0) is 11.3 Å². The van der Waals surface area contributed by atoms with E-state index in [0.29, 0.717) is 6.61 Å². The van der Waals surface area contributed by atoms with E-state index in [9.17, 15) is 0 Å². The molecule has 1 heterocycles. The molecule has 18 heavy (non-hydrogen) atoms. The molecule has 3 nitrogen and oxygen atoms in total. The summed E-state index contributed by atoms with van der Waals surface area (Å²) in [4.78, 5) is 0. The molecule has 1 unspecified atom stereocenters. The summed E-state index contributed by atoms with van der Waals surface area (Å²) in [6.45, 7) is 7.61. The molecular formula is C15H23NO2. The van der Waals surface area contributed by atoms with Gasteiger partial charge in [0.1, 0.15) is 12.4 Å². The fourth-order valence-corrected chi connectivity index (χ4v) is 2.21. The van der Waals surface area contributed by atoms with Gasteiger partial charge in [0.15, 0.2) is 0 Å². The predicted molar refractivity (Wildman–Crippen MR) is 73.0 cm³/mol. The Kier molecular flexibility index (Phi) is 5.02. The molecule has 0 aromatic heterocycles. The second-order valence-corrected chi connectivity index (χ2v) is 4.84. The Morgan fingerprint density at radius 3 is 3.06 bits per heavy atom. The van der Waals surface area contributed by atoms with E-state index in [1.165, 1.54) is 11.1 Å². The van der Waals surface area contributed by atoms with Crippen molar-refractivity contribution in [3.05, 3.63) is 29.3 Å². The first-order chi connectivity index (χ1) is 8.79. The number of aryl methyl sites for hydroxylation is 1. The number of rotatable bonds is 6. The van der Waals surface area contributed by atoms with Gasteiger partial charge >= 0.3 is 0 Å². The lowest BCUT2D eigenvalue weighted by atomic mass is 10.1. The quantitative estimate of drug-likeness (QED) is 0.840. The van der Waals surface area contributed by atoms with E-state index >= 15 is 0 Å². The summed E-state index contributed by atoms with van der Waals surface area (Å²) in [7, 11) is 0. The molecular weight excluding hydrogens is 226 g/mol. The second kappa shape index (κ2) is 6.76. The van der Waals surface area contributed by atoms with Gasteiger partial charge in [0.2, 0.25) is 0 Å². The van der Waals surface area contributed by atoms with Crippen molar-refractivity contribution in [3.8, 4) is 5.75 Å². The summed E-state index contributed by atoms with van der Waals surface area (Å²) >= 11 is 0. The van der Waals surface area contributed by atoms with E-state index in [0.717, 1.165) is 38.3 Å². The average molecular weight is 249 g/mol. The largest absolute Gasteiger partial charge is 0.491 e. The Morgan fingerprint density at radius 2 is 2.33 bits per heavy atom. The minimum atomic E-state index is 0.276. The third-order valence-electron chi connectivity index (χ3n) is 3.23. The molecule has 1 fully saturated rings.